The Morgan fingerprint density at radius 1 is 1.38 bits per heavy atom. The van der Waals surface area contributed by atoms with Crippen molar-refractivity contribution in [3.63, 3.8) is 0 Å². The number of hydrogen-bond donors (Lipinski definition) is 1. The van der Waals surface area contributed by atoms with E-state index in [4.69, 9.17) is 0 Å². The highest BCUT2D eigenvalue weighted by molar-refractivity contribution is 7.20. The molecule has 0 radical (unpaired) electrons. The lowest BCUT2D eigenvalue weighted by molar-refractivity contribution is 0.0158. The maximum atomic E-state index is 13.2. The Labute approximate surface area is 127 Å². The Kier molecular flexibility index (Phi) is 3.71. The van der Waals surface area contributed by atoms with Crippen molar-refractivity contribution in [3.8, 4) is 0 Å². The van der Waals surface area contributed by atoms with Crippen molar-refractivity contribution in [1.29, 1.82) is 0 Å². The van der Waals surface area contributed by atoms with Gasteiger partial charge in [0.2, 0.25) is 0 Å². The molecule has 1 aromatic carbocycles. The lowest BCUT2D eigenvalue weighted by atomic mass is 10.0. The highest BCUT2D eigenvalue weighted by Crippen LogP contribution is 2.31. The first-order valence-electron chi connectivity index (χ1n) is 7.14. The summed E-state index contributed by atoms with van der Waals surface area (Å²) in [5.74, 6) is -0.408. The molecule has 1 fully saturated rings. The number of hydrogen-bond acceptors (Lipinski definition) is 3. The molecule has 1 amide bonds. The Morgan fingerprint density at radius 3 is 2.81 bits per heavy atom. The minimum atomic E-state index is -0.743. The van der Waals surface area contributed by atoms with Gasteiger partial charge in [0, 0.05) is 18.3 Å². The van der Waals surface area contributed by atoms with Crippen LogP contribution in [0.25, 0.3) is 10.1 Å². The Balaban J connectivity index is 1.79. The number of aliphatic hydroxyl groups is 1. The van der Waals surface area contributed by atoms with Crippen molar-refractivity contribution >= 4 is 27.3 Å². The second-order valence-corrected chi connectivity index (χ2v) is 6.97. The summed E-state index contributed by atoms with van der Waals surface area (Å²) < 4.78 is 14.0. The molecule has 3 nitrogen and oxygen atoms in total. The third-order valence-electron chi connectivity index (χ3n) is 4.11. The molecule has 0 aliphatic heterocycles. The fourth-order valence-corrected chi connectivity index (χ4v) is 4.09. The first-order valence-corrected chi connectivity index (χ1v) is 7.95. The van der Waals surface area contributed by atoms with E-state index in [1.807, 2.05) is 0 Å². The van der Waals surface area contributed by atoms with Gasteiger partial charge in [-0.2, -0.15) is 0 Å². The van der Waals surface area contributed by atoms with Crippen LogP contribution < -0.4 is 0 Å². The molecule has 0 atom stereocenters. The summed E-state index contributed by atoms with van der Waals surface area (Å²) >= 11 is 1.29. The van der Waals surface area contributed by atoms with Gasteiger partial charge in [0.15, 0.2) is 0 Å². The normalized spacial score (nSPS) is 17.3. The molecule has 21 heavy (non-hydrogen) atoms. The van der Waals surface area contributed by atoms with Gasteiger partial charge in [-0.25, -0.2) is 4.39 Å². The number of likely N-dealkylation sites (N-methyl/N-ethyl adjacent to an activating group) is 1. The van der Waals surface area contributed by atoms with Crippen LogP contribution in [0.4, 0.5) is 4.39 Å². The van der Waals surface area contributed by atoms with Crippen LogP contribution in [-0.2, 0) is 0 Å². The third kappa shape index (κ3) is 2.94. The van der Waals surface area contributed by atoms with Crippen LogP contribution in [0.3, 0.4) is 0 Å². The van der Waals surface area contributed by atoms with Crippen LogP contribution in [0, 0.1) is 5.82 Å². The smallest absolute Gasteiger partial charge is 0.263 e. The predicted octanol–water partition coefficient (Wildman–Crippen LogP) is 3.42. The topological polar surface area (TPSA) is 40.5 Å². The monoisotopic (exact) mass is 307 g/mol. The SMILES string of the molecule is CN(CC1(O)CCCC1)C(=O)c1cc2ccc(F)cc2s1. The van der Waals surface area contributed by atoms with Gasteiger partial charge >= 0.3 is 0 Å². The average molecular weight is 307 g/mol. The van der Waals surface area contributed by atoms with E-state index in [0.717, 1.165) is 35.8 Å². The molecule has 1 aliphatic carbocycles. The molecule has 0 spiro atoms. The number of carbonyl (C=O) groups is 1. The summed E-state index contributed by atoms with van der Waals surface area (Å²) in [6, 6.07) is 6.31. The van der Waals surface area contributed by atoms with Crippen molar-refractivity contribution in [2.75, 3.05) is 13.6 Å². The van der Waals surface area contributed by atoms with Gasteiger partial charge in [0.1, 0.15) is 5.82 Å². The zero-order valence-corrected chi connectivity index (χ0v) is 12.8. The number of benzene rings is 1. The molecule has 1 heterocycles. The molecular weight excluding hydrogens is 289 g/mol. The number of nitrogens with zero attached hydrogens (tertiary/aromatic N) is 1. The van der Waals surface area contributed by atoms with Crippen molar-refractivity contribution in [2.45, 2.75) is 31.3 Å². The van der Waals surface area contributed by atoms with Gasteiger partial charge in [0.25, 0.3) is 5.91 Å². The molecule has 0 saturated heterocycles. The standard InChI is InChI=1S/C16H18FNO2S/c1-18(10-16(20)6-2-3-7-16)15(19)14-8-11-4-5-12(17)9-13(11)21-14/h4-5,8-9,20H,2-3,6-7,10H2,1H3. The second kappa shape index (κ2) is 5.39. The molecule has 0 bridgehead atoms. The molecule has 1 N–H and O–H groups in total. The molecule has 112 valence electrons. The Bertz CT molecular complexity index is 676. The quantitative estimate of drug-likeness (QED) is 0.944. The van der Waals surface area contributed by atoms with Crippen LogP contribution in [0.5, 0.6) is 0 Å². The Hall–Kier alpha value is -1.46. The minimum absolute atomic E-state index is 0.114. The number of amides is 1. The first-order chi connectivity index (χ1) is 9.97. The van der Waals surface area contributed by atoms with Gasteiger partial charge in [0.05, 0.1) is 10.5 Å². The fourth-order valence-electron chi connectivity index (χ4n) is 3.00. The van der Waals surface area contributed by atoms with Crippen molar-refractivity contribution < 1.29 is 14.3 Å². The van der Waals surface area contributed by atoms with Gasteiger partial charge in [-0.15, -0.1) is 11.3 Å². The van der Waals surface area contributed by atoms with Gasteiger partial charge in [-0.3, -0.25) is 4.79 Å². The zero-order valence-electron chi connectivity index (χ0n) is 11.9. The van der Waals surface area contributed by atoms with Gasteiger partial charge < -0.3 is 10.0 Å². The van der Waals surface area contributed by atoms with Crippen LogP contribution in [0.15, 0.2) is 24.3 Å². The average Bonchev–Trinajstić information content (AvgIpc) is 3.03. The summed E-state index contributed by atoms with van der Waals surface area (Å²) in [7, 11) is 1.71. The first kappa shape index (κ1) is 14.5. The summed E-state index contributed by atoms with van der Waals surface area (Å²) in [6.07, 6.45) is 3.53. The van der Waals surface area contributed by atoms with E-state index >= 15 is 0 Å². The minimum Gasteiger partial charge on any atom is -0.388 e. The van der Waals surface area contributed by atoms with E-state index < -0.39 is 5.60 Å². The van der Waals surface area contributed by atoms with Crippen molar-refractivity contribution in [1.82, 2.24) is 4.90 Å². The summed E-state index contributed by atoms with van der Waals surface area (Å²) in [4.78, 5) is 14.6. The van der Waals surface area contributed by atoms with Crippen LogP contribution in [-0.4, -0.2) is 35.1 Å². The molecule has 3 rings (SSSR count). The van der Waals surface area contributed by atoms with Crippen molar-refractivity contribution in [2.24, 2.45) is 0 Å². The summed E-state index contributed by atoms with van der Waals surface area (Å²) in [6.45, 7) is 0.356. The number of halogens is 1. The van der Waals surface area contributed by atoms with Crippen LogP contribution >= 0.6 is 11.3 Å². The number of carbonyl (C=O) groups excluding carboxylic acids is 1. The summed E-state index contributed by atoms with van der Waals surface area (Å²) in [5, 5.41) is 11.3. The second-order valence-electron chi connectivity index (χ2n) is 5.89. The maximum Gasteiger partial charge on any atom is 0.263 e. The molecular formula is C16H18FNO2S. The lowest BCUT2D eigenvalue weighted by Gasteiger charge is -2.28. The van der Waals surface area contributed by atoms with Gasteiger partial charge in [-0.1, -0.05) is 18.9 Å². The molecule has 0 unspecified atom stereocenters. The highest BCUT2D eigenvalue weighted by atomic mass is 32.1. The maximum absolute atomic E-state index is 13.2. The fraction of sp³-hybridized carbons (Fsp3) is 0.438. The summed E-state index contributed by atoms with van der Waals surface area (Å²) in [5.41, 5.74) is -0.743. The van der Waals surface area contributed by atoms with Crippen molar-refractivity contribution in [3.05, 3.63) is 35.0 Å². The highest BCUT2D eigenvalue weighted by Gasteiger charge is 2.33. The van der Waals surface area contributed by atoms with E-state index in [1.54, 1.807) is 24.1 Å². The molecule has 1 saturated carbocycles. The van der Waals surface area contributed by atoms with E-state index in [9.17, 15) is 14.3 Å². The number of thiophene rings is 1. The third-order valence-corrected chi connectivity index (χ3v) is 5.19. The van der Waals surface area contributed by atoms with E-state index in [0.29, 0.717) is 11.4 Å². The zero-order chi connectivity index (χ0) is 15.0. The number of rotatable bonds is 3. The molecule has 2 aromatic rings. The van der Waals surface area contributed by atoms with E-state index in [-0.39, 0.29) is 11.7 Å². The molecule has 1 aromatic heterocycles. The van der Waals surface area contributed by atoms with Gasteiger partial charge in [-0.05, 0) is 36.4 Å². The lowest BCUT2D eigenvalue weighted by Crippen LogP contribution is -2.41. The van der Waals surface area contributed by atoms with Crippen LogP contribution in [0.1, 0.15) is 35.4 Å². The van der Waals surface area contributed by atoms with Crippen LogP contribution in [0.2, 0.25) is 0 Å². The Morgan fingerprint density at radius 2 is 2.10 bits per heavy atom. The molecule has 5 heteroatoms. The predicted molar refractivity (Wildman–Crippen MR) is 82.2 cm³/mol. The van der Waals surface area contributed by atoms with E-state index in [1.165, 1.54) is 23.5 Å². The largest absolute Gasteiger partial charge is 0.388 e. The molecule has 1 aliphatic rings. The number of fused-ring (bicyclic) bond motifs is 1. The van der Waals surface area contributed by atoms with E-state index in [2.05, 4.69) is 0 Å².